The lowest BCUT2D eigenvalue weighted by molar-refractivity contribution is 0.671. The zero-order valence-electron chi connectivity index (χ0n) is 9.69. The Kier molecular flexibility index (Phi) is 2.87. The smallest absolute Gasteiger partial charge is 0.0865 e. The van der Waals surface area contributed by atoms with Crippen LogP contribution in [0, 0.1) is 6.92 Å². The van der Waals surface area contributed by atoms with Crippen molar-refractivity contribution in [1.82, 2.24) is 4.98 Å². The van der Waals surface area contributed by atoms with E-state index >= 15 is 0 Å². The number of rotatable bonds is 0. The molecule has 2 aromatic rings. The van der Waals surface area contributed by atoms with Crippen molar-refractivity contribution >= 4 is 38.4 Å². The van der Waals surface area contributed by atoms with Gasteiger partial charge in [-0.05, 0) is 65.7 Å². The van der Waals surface area contributed by atoms with Crippen molar-refractivity contribution in [2.45, 2.75) is 32.6 Å². The lowest BCUT2D eigenvalue weighted by atomic mass is 9.93. The molecule has 0 fully saturated rings. The number of hydrogen-bond donors (Lipinski definition) is 0. The molecule has 3 rings (SSSR count). The van der Waals surface area contributed by atoms with E-state index < -0.39 is 0 Å². The first-order valence-electron chi connectivity index (χ1n) is 5.94. The topological polar surface area (TPSA) is 12.9 Å². The summed E-state index contributed by atoms with van der Waals surface area (Å²) in [5.41, 5.74) is 4.68. The van der Waals surface area contributed by atoms with Crippen LogP contribution in [-0.4, -0.2) is 4.98 Å². The maximum atomic E-state index is 6.58. The van der Waals surface area contributed by atoms with Crippen LogP contribution >= 0.6 is 27.5 Å². The fourth-order valence-corrected chi connectivity index (χ4v) is 3.45. The summed E-state index contributed by atoms with van der Waals surface area (Å²) in [5, 5.41) is 2.03. The average Bonchev–Trinajstić information content (AvgIpc) is 2.34. The molecule has 0 atom stereocenters. The van der Waals surface area contributed by atoms with E-state index in [-0.39, 0.29) is 0 Å². The van der Waals surface area contributed by atoms with Crippen molar-refractivity contribution in [2.24, 2.45) is 0 Å². The largest absolute Gasteiger partial charge is 0.251 e. The van der Waals surface area contributed by atoms with E-state index in [2.05, 4.69) is 35.0 Å². The molecule has 3 heteroatoms. The lowest BCUT2D eigenvalue weighted by Crippen LogP contribution is -2.07. The molecular formula is C14H13BrClN. The Morgan fingerprint density at radius 1 is 1.24 bits per heavy atom. The third-order valence-electron chi connectivity index (χ3n) is 3.51. The second-order valence-corrected chi connectivity index (χ2v) is 5.88. The molecule has 0 bridgehead atoms. The van der Waals surface area contributed by atoms with Gasteiger partial charge in [0.25, 0.3) is 0 Å². The maximum absolute atomic E-state index is 6.58. The first-order chi connectivity index (χ1) is 8.18. The molecule has 0 spiro atoms. The lowest BCUT2D eigenvalue weighted by Gasteiger charge is -2.19. The van der Waals surface area contributed by atoms with Crippen molar-refractivity contribution in [3.05, 3.63) is 38.4 Å². The van der Waals surface area contributed by atoms with Crippen LogP contribution in [0.4, 0.5) is 0 Å². The predicted molar refractivity (Wildman–Crippen MR) is 75.8 cm³/mol. The van der Waals surface area contributed by atoms with E-state index in [9.17, 15) is 0 Å². The van der Waals surface area contributed by atoms with E-state index in [1.54, 1.807) is 0 Å². The van der Waals surface area contributed by atoms with Gasteiger partial charge in [-0.25, -0.2) is 0 Å². The quantitative estimate of drug-likeness (QED) is 0.678. The molecule has 1 nitrogen and oxygen atoms in total. The van der Waals surface area contributed by atoms with Crippen molar-refractivity contribution in [3.63, 3.8) is 0 Å². The number of nitrogens with zero attached hydrogens (tertiary/aromatic N) is 1. The standard InChI is InChI=1S/C14H13BrClN/c1-8-6-7-10(15)14-12(8)13(16)9-4-2-3-5-11(9)17-14/h6-7H,2-5H2,1H3. The number of fused-ring (bicyclic) bond motifs is 2. The molecule has 0 aliphatic heterocycles. The third-order valence-corrected chi connectivity index (χ3v) is 4.56. The van der Waals surface area contributed by atoms with Crippen LogP contribution in [-0.2, 0) is 12.8 Å². The van der Waals surface area contributed by atoms with Gasteiger partial charge in [-0.3, -0.25) is 4.98 Å². The zero-order valence-corrected chi connectivity index (χ0v) is 12.0. The molecule has 1 aromatic heterocycles. The maximum Gasteiger partial charge on any atom is 0.0865 e. The summed E-state index contributed by atoms with van der Waals surface area (Å²) in [4.78, 5) is 4.81. The van der Waals surface area contributed by atoms with Crippen LogP contribution < -0.4 is 0 Å². The number of halogens is 2. The molecule has 0 saturated carbocycles. The Morgan fingerprint density at radius 3 is 2.82 bits per heavy atom. The molecule has 0 unspecified atom stereocenters. The van der Waals surface area contributed by atoms with Crippen molar-refractivity contribution in [3.8, 4) is 0 Å². The molecule has 1 heterocycles. The Balaban J connectivity index is 2.44. The summed E-state index contributed by atoms with van der Waals surface area (Å²) in [6.45, 7) is 2.09. The molecule has 0 saturated heterocycles. The SMILES string of the molecule is Cc1ccc(Br)c2nc3c(c(Cl)c12)CCCC3. The highest BCUT2D eigenvalue weighted by Crippen LogP contribution is 2.36. The minimum atomic E-state index is 0.920. The summed E-state index contributed by atoms with van der Waals surface area (Å²) >= 11 is 10.1. The van der Waals surface area contributed by atoms with E-state index in [1.807, 2.05) is 0 Å². The number of benzene rings is 1. The molecule has 88 valence electrons. The first-order valence-corrected chi connectivity index (χ1v) is 7.11. The molecular weight excluding hydrogens is 298 g/mol. The van der Waals surface area contributed by atoms with Gasteiger partial charge in [0.05, 0.1) is 10.5 Å². The molecule has 1 aliphatic rings. The van der Waals surface area contributed by atoms with E-state index in [0.717, 1.165) is 33.2 Å². The van der Waals surface area contributed by atoms with Gasteiger partial charge >= 0.3 is 0 Å². The van der Waals surface area contributed by atoms with Gasteiger partial charge in [0.1, 0.15) is 0 Å². The minimum absolute atomic E-state index is 0.920. The molecule has 0 N–H and O–H groups in total. The Labute approximate surface area is 114 Å². The van der Waals surface area contributed by atoms with Crippen LogP contribution in [0.15, 0.2) is 16.6 Å². The summed E-state index contributed by atoms with van der Waals surface area (Å²) in [6.07, 6.45) is 4.59. The monoisotopic (exact) mass is 309 g/mol. The van der Waals surface area contributed by atoms with Gasteiger partial charge in [0.15, 0.2) is 0 Å². The Morgan fingerprint density at radius 2 is 2.00 bits per heavy atom. The number of pyridine rings is 1. The van der Waals surface area contributed by atoms with E-state index in [4.69, 9.17) is 16.6 Å². The van der Waals surface area contributed by atoms with Gasteiger partial charge in [0, 0.05) is 15.6 Å². The molecule has 1 aliphatic carbocycles. The zero-order chi connectivity index (χ0) is 12.0. The van der Waals surface area contributed by atoms with Gasteiger partial charge in [0.2, 0.25) is 0 Å². The second kappa shape index (κ2) is 4.25. The molecule has 1 aromatic carbocycles. The van der Waals surface area contributed by atoms with Crippen molar-refractivity contribution < 1.29 is 0 Å². The van der Waals surface area contributed by atoms with Crippen LogP contribution in [0.5, 0.6) is 0 Å². The number of aromatic nitrogens is 1. The van der Waals surface area contributed by atoms with Gasteiger partial charge in [-0.2, -0.15) is 0 Å². The molecule has 0 amide bonds. The highest BCUT2D eigenvalue weighted by Gasteiger charge is 2.18. The first kappa shape index (κ1) is 11.5. The van der Waals surface area contributed by atoms with E-state index in [0.29, 0.717) is 0 Å². The van der Waals surface area contributed by atoms with Crippen molar-refractivity contribution in [1.29, 1.82) is 0 Å². The van der Waals surface area contributed by atoms with Crippen LogP contribution in [0.1, 0.15) is 29.7 Å². The third kappa shape index (κ3) is 1.78. The number of aryl methyl sites for hydroxylation is 2. The molecule has 0 radical (unpaired) electrons. The summed E-state index contributed by atoms with van der Waals surface area (Å²) in [7, 11) is 0. The Bertz CT molecular complexity index is 607. The second-order valence-electron chi connectivity index (χ2n) is 4.65. The minimum Gasteiger partial charge on any atom is -0.251 e. The fraction of sp³-hybridized carbons (Fsp3) is 0.357. The van der Waals surface area contributed by atoms with Gasteiger partial charge < -0.3 is 0 Å². The summed E-state index contributed by atoms with van der Waals surface area (Å²) in [6, 6.07) is 4.14. The molecule has 17 heavy (non-hydrogen) atoms. The average molecular weight is 311 g/mol. The number of hydrogen-bond acceptors (Lipinski definition) is 1. The summed E-state index contributed by atoms with van der Waals surface area (Å²) in [5.74, 6) is 0. The highest BCUT2D eigenvalue weighted by atomic mass is 79.9. The normalized spacial score (nSPS) is 15.0. The fourth-order valence-electron chi connectivity index (χ4n) is 2.59. The van der Waals surface area contributed by atoms with Gasteiger partial charge in [-0.1, -0.05) is 17.7 Å². The highest BCUT2D eigenvalue weighted by molar-refractivity contribution is 9.10. The van der Waals surface area contributed by atoms with Crippen LogP contribution in [0.3, 0.4) is 0 Å². The Hall–Kier alpha value is -0.600. The van der Waals surface area contributed by atoms with Gasteiger partial charge in [-0.15, -0.1) is 0 Å². The van der Waals surface area contributed by atoms with Crippen LogP contribution in [0.25, 0.3) is 10.9 Å². The van der Waals surface area contributed by atoms with Crippen LogP contribution in [0.2, 0.25) is 5.02 Å². The van der Waals surface area contributed by atoms with Crippen molar-refractivity contribution in [2.75, 3.05) is 0 Å². The van der Waals surface area contributed by atoms with E-state index in [1.165, 1.54) is 29.7 Å². The summed E-state index contributed by atoms with van der Waals surface area (Å²) < 4.78 is 1.04. The predicted octanol–water partition coefficient (Wildman–Crippen LogP) is 4.84.